The van der Waals surface area contributed by atoms with Gasteiger partial charge in [0.25, 0.3) is 0 Å². The smallest absolute Gasteiger partial charge is 0.235 e. The van der Waals surface area contributed by atoms with Crippen molar-refractivity contribution in [3.8, 4) is 0 Å². The van der Waals surface area contributed by atoms with Crippen LogP contribution in [0.1, 0.15) is 30.4 Å². The van der Waals surface area contributed by atoms with Gasteiger partial charge in [-0.3, -0.25) is 4.79 Å². The highest BCUT2D eigenvalue weighted by Gasteiger charge is 2.51. The first-order chi connectivity index (χ1) is 7.15. The van der Waals surface area contributed by atoms with Gasteiger partial charge in [0.1, 0.15) is 0 Å². The number of anilines is 1. The molecule has 3 rings (SSSR count). The maximum Gasteiger partial charge on any atom is 0.235 e. The second-order valence-corrected chi connectivity index (χ2v) is 4.89. The van der Waals surface area contributed by atoms with E-state index in [9.17, 15) is 4.79 Å². The van der Waals surface area contributed by atoms with Gasteiger partial charge in [0.2, 0.25) is 5.91 Å². The molecule has 1 fully saturated rings. The lowest BCUT2D eigenvalue weighted by Gasteiger charge is -2.36. The van der Waals surface area contributed by atoms with E-state index in [0.29, 0.717) is 0 Å². The Morgan fingerprint density at radius 3 is 2.73 bits per heavy atom. The van der Waals surface area contributed by atoms with E-state index in [-0.39, 0.29) is 11.3 Å². The molecule has 15 heavy (non-hydrogen) atoms. The van der Waals surface area contributed by atoms with E-state index in [1.165, 1.54) is 0 Å². The molecule has 0 unspecified atom stereocenters. The maximum absolute atomic E-state index is 11.9. The number of rotatable bonds is 0. The third kappa shape index (κ3) is 0.979. The van der Waals surface area contributed by atoms with Gasteiger partial charge >= 0.3 is 0 Å². The summed E-state index contributed by atoms with van der Waals surface area (Å²) in [7, 11) is 0. The number of halogens is 1. The molecular formula is C12H12ClNO. The van der Waals surface area contributed by atoms with Crippen LogP contribution in [0, 0.1) is 6.92 Å². The molecule has 1 saturated carbocycles. The van der Waals surface area contributed by atoms with Crippen molar-refractivity contribution < 1.29 is 4.79 Å². The minimum absolute atomic E-state index is 0.161. The quantitative estimate of drug-likeness (QED) is 0.717. The summed E-state index contributed by atoms with van der Waals surface area (Å²) in [4.78, 5) is 11.9. The molecule has 0 aromatic heterocycles. The molecule has 0 saturated heterocycles. The van der Waals surface area contributed by atoms with Crippen LogP contribution in [0.5, 0.6) is 0 Å². The molecule has 1 heterocycles. The zero-order chi connectivity index (χ0) is 10.6. The summed E-state index contributed by atoms with van der Waals surface area (Å²) in [5.41, 5.74) is 2.88. The number of carbonyl (C=O) groups excluding carboxylic acids is 1. The minimum atomic E-state index is -0.218. The monoisotopic (exact) mass is 221 g/mol. The molecule has 1 aromatic carbocycles. The molecule has 78 valence electrons. The van der Waals surface area contributed by atoms with Gasteiger partial charge in [-0.1, -0.05) is 24.1 Å². The van der Waals surface area contributed by atoms with Crippen molar-refractivity contribution in [2.45, 2.75) is 31.6 Å². The fourth-order valence-corrected chi connectivity index (χ4v) is 2.79. The summed E-state index contributed by atoms with van der Waals surface area (Å²) in [5, 5.41) is 3.70. The lowest BCUT2D eigenvalue weighted by Crippen LogP contribution is -2.40. The first-order valence-electron chi connectivity index (χ1n) is 5.26. The van der Waals surface area contributed by atoms with Crippen molar-refractivity contribution in [2.24, 2.45) is 0 Å². The lowest BCUT2D eigenvalue weighted by atomic mass is 9.65. The first kappa shape index (κ1) is 9.22. The maximum atomic E-state index is 11.9. The summed E-state index contributed by atoms with van der Waals surface area (Å²) < 4.78 is 0. The highest BCUT2D eigenvalue weighted by Crippen LogP contribution is 2.52. The highest BCUT2D eigenvalue weighted by molar-refractivity contribution is 6.32. The average molecular weight is 222 g/mol. The molecule has 0 radical (unpaired) electrons. The largest absolute Gasteiger partial charge is 0.325 e. The van der Waals surface area contributed by atoms with Crippen molar-refractivity contribution in [1.82, 2.24) is 0 Å². The average Bonchev–Trinajstić information content (AvgIpc) is 2.44. The van der Waals surface area contributed by atoms with Gasteiger partial charge in [-0.05, 0) is 37.0 Å². The molecule has 1 aliphatic heterocycles. The Balaban J connectivity index is 2.23. The molecule has 1 N–H and O–H groups in total. The Bertz CT molecular complexity index is 463. The number of hydrogen-bond acceptors (Lipinski definition) is 1. The molecular weight excluding hydrogens is 210 g/mol. The van der Waals surface area contributed by atoms with Gasteiger partial charge in [0, 0.05) is 10.7 Å². The molecule has 3 heteroatoms. The van der Waals surface area contributed by atoms with Crippen molar-refractivity contribution in [3.05, 3.63) is 28.3 Å². The Kier molecular flexibility index (Phi) is 1.70. The van der Waals surface area contributed by atoms with E-state index in [1.54, 1.807) is 0 Å². The van der Waals surface area contributed by atoms with Crippen LogP contribution < -0.4 is 5.32 Å². The third-order valence-corrected chi connectivity index (χ3v) is 4.20. The molecule has 1 spiro atoms. The van der Waals surface area contributed by atoms with Gasteiger partial charge < -0.3 is 5.32 Å². The molecule has 2 aliphatic rings. The highest BCUT2D eigenvalue weighted by atomic mass is 35.5. The lowest BCUT2D eigenvalue weighted by molar-refractivity contribution is -0.123. The van der Waals surface area contributed by atoms with E-state index in [1.807, 2.05) is 19.1 Å². The summed E-state index contributed by atoms with van der Waals surface area (Å²) >= 11 is 6.04. The van der Waals surface area contributed by atoms with E-state index >= 15 is 0 Å². The SMILES string of the molecule is Cc1c(Cl)ccc2c1NC(=O)C21CCC1. The zero-order valence-corrected chi connectivity index (χ0v) is 9.32. The normalized spacial score (nSPS) is 21.1. The molecule has 0 bridgehead atoms. The van der Waals surface area contributed by atoms with Crippen LogP contribution in [0.15, 0.2) is 12.1 Å². The number of nitrogens with one attached hydrogen (secondary N) is 1. The fourth-order valence-electron chi connectivity index (χ4n) is 2.63. The zero-order valence-electron chi connectivity index (χ0n) is 8.56. The molecule has 1 aliphatic carbocycles. The fraction of sp³-hybridized carbons (Fsp3) is 0.417. The minimum Gasteiger partial charge on any atom is -0.325 e. The van der Waals surface area contributed by atoms with Gasteiger partial charge in [-0.25, -0.2) is 0 Å². The van der Waals surface area contributed by atoms with Crippen molar-refractivity contribution in [1.29, 1.82) is 0 Å². The predicted octanol–water partition coefficient (Wildman–Crippen LogP) is 3.02. The molecule has 1 amide bonds. The van der Waals surface area contributed by atoms with Crippen LogP contribution in [0.25, 0.3) is 0 Å². The van der Waals surface area contributed by atoms with Crippen LogP contribution in [0.4, 0.5) is 5.69 Å². The van der Waals surface area contributed by atoms with Crippen molar-refractivity contribution in [2.75, 3.05) is 5.32 Å². The van der Waals surface area contributed by atoms with E-state index in [2.05, 4.69) is 5.32 Å². The molecule has 0 atom stereocenters. The van der Waals surface area contributed by atoms with Gasteiger partial charge in [-0.2, -0.15) is 0 Å². The number of amides is 1. The third-order valence-electron chi connectivity index (χ3n) is 3.79. The van der Waals surface area contributed by atoms with Crippen LogP contribution in [-0.4, -0.2) is 5.91 Å². The standard InChI is InChI=1S/C12H12ClNO/c1-7-9(13)4-3-8-10(7)14-11(15)12(8)5-2-6-12/h3-4H,2,5-6H2,1H3,(H,14,15). The van der Waals surface area contributed by atoms with Crippen LogP contribution >= 0.6 is 11.6 Å². The van der Waals surface area contributed by atoms with E-state index in [4.69, 9.17) is 11.6 Å². The Labute approximate surface area is 93.6 Å². The van der Waals surface area contributed by atoms with Gasteiger partial charge in [0.05, 0.1) is 5.41 Å². The summed E-state index contributed by atoms with van der Waals surface area (Å²) in [5.74, 6) is 0.161. The number of carbonyl (C=O) groups is 1. The Hall–Kier alpha value is -1.02. The van der Waals surface area contributed by atoms with Crippen LogP contribution in [0.3, 0.4) is 0 Å². The summed E-state index contributed by atoms with van der Waals surface area (Å²) in [6.45, 7) is 1.96. The van der Waals surface area contributed by atoms with Crippen LogP contribution in [0.2, 0.25) is 5.02 Å². The molecule has 1 aromatic rings. The summed E-state index contributed by atoms with van der Waals surface area (Å²) in [6.07, 6.45) is 3.11. The topological polar surface area (TPSA) is 29.1 Å². The number of hydrogen-bond donors (Lipinski definition) is 1. The Morgan fingerprint density at radius 2 is 2.13 bits per heavy atom. The van der Waals surface area contributed by atoms with Crippen molar-refractivity contribution >= 4 is 23.2 Å². The molecule has 2 nitrogen and oxygen atoms in total. The van der Waals surface area contributed by atoms with E-state index in [0.717, 1.165) is 41.1 Å². The van der Waals surface area contributed by atoms with Gasteiger partial charge in [-0.15, -0.1) is 0 Å². The van der Waals surface area contributed by atoms with Crippen LogP contribution in [-0.2, 0) is 10.2 Å². The second-order valence-electron chi connectivity index (χ2n) is 4.48. The first-order valence-corrected chi connectivity index (χ1v) is 5.64. The van der Waals surface area contributed by atoms with Gasteiger partial charge in [0.15, 0.2) is 0 Å². The van der Waals surface area contributed by atoms with E-state index < -0.39 is 0 Å². The number of fused-ring (bicyclic) bond motifs is 2. The second kappa shape index (κ2) is 2.76. The number of benzene rings is 1. The Morgan fingerprint density at radius 1 is 1.40 bits per heavy atom. The predicted molar refractivity (Wildman–Crippen MR) is 60.3 cm³/mol. The van der Waals surface area contributed by atoms with Crippen molar-refractivity contribution in [3.63, 3.8) is 0 Å². The summed E-state index contributed by atoms with van der Waals surface area (Å²) in [6, 6.07) is 3.90.